The first-order chi connectivity index (χ1) is 19.1. The summed E-state index contributed by atoms with van der Waals surface area (Å²) >= 11 is 0. The van der Waals surface area contributed by atoms with E-state index < -0.39 is 48.0 Å². The maximum absolute atomic E-state index is 13.4. The van der Waals surface area contributed by atoms with Crippen LogP contribution in [0.4, 0.5) is 19.0 Å². The molecule has 1 aromatic carbocycles. The zero-order valence-electron chi connectivity index (χ0n) is 21.5. The summed E-state index contributed by atoms with van der Waals surface area (Å²) in [7, 11) is 0. The molecule has 0 bridgehead atoms. The summed E-state index contributed by atoms with van der Waals surface area (Å²) in [5.74, 6) is -1.45. The highest BCUT2D eigenvalue weighted by Crippen LogP contribution is 2.46. The van der Waals surface area contributed by atoms with E-state index in [2.05, 4.69) is 20.6 Å². The molecular formula is C29H26F3N5O3. The summed E-state index contributed by atoms with van der Waals surface area (Å²) in [6, 6.07) is 12.4. The molecule has 3 aromatic rings. The van der Waals surface area contributed by atoms with Crippen LogP contribution in [0.1, 0.15) is 52.0 Å². The van der Waals surface area contributed by atoms with Gasteiger partial charge in [0.25, 0.3) is 5.91 Å². The molecule has 1 fully saturated rings. The predicted molar refractivity (Wildman–Crippen MR) is 138 cm³/mol. The number of fused-ring (bicyclic) bond motifs is 3. The van der Waals surface area contributed by atoms with Crippen LogP contribution < -0.4 is 10.6 Å². The smallest absolute Gasteiger partial charge is 0.340 e. The summed E-state index contributed by atoms with van der Waals surface area (Å²) in [6.45, 7) is 0.204. The average Bonchev–Trinajstić information content (AvgIpc) is 3.44. The molecule has 3 aliphatic rings. The molecule has 1 saturated heterocycles. The van der Waals surface area contributed by atoms with Gasteiger partial charge < -0.3 is 15.5 Å². The molecule has 1 unspecified atom stereocenters. The fourth-order valence-corrected chi connectivity index (χ4v) is 6.30. The molecule has 11 heteroatoms. The molecule has 0 saturated carbocycles. The molecule has 8 nitrogen and oxygen atoms in total. The van der Waals surface area contributed by atoms with Crippen molar-refractivity contribution in [2.45, 2.75) is 55.8 Å². The molecule has 2 N–H and O–H groups in total. The predicted octanol–water partition coefficient (Wildman–Crippen LogP) is 3.53. The van der Waals surface area contributed by atoms with Gasteiger partial charge in [0.15, 0.2) is 0 Å². The molecule has 1 aliphatic carbocycles. The van der Waals surface area contributed by atoms with E-state index in [9.17, 15) is 27.6 Å². The molecule has 4 atom stereocenters. The van der Waals surface area contributed by atoms with Crippen molar-refractivity contribution in [2.24, 2.45) is 0 Å². The van der Waals surface area contributed by atoms with Crippen molar-refractivity contribution in [1.82, 2.24) is 20.2 Å². The third-order valence-corrected chi connectivity index (χ3v) is 8.30. The number of hydrogen-bond acceptors (Lipinski definition) is 5. The van der Waals surface area contributed by atoms with Crippen molar-refractivity contribution in [1.29, 1.82) is 0 Å². The summed E-state index contributed by atoms with van der Waals surface area (Å²) in [6.07, 6.45) is -0.753. The highest BCUT2D eigenvalue weighted by molar-refractivity contribution is 6.06. The number of aromatic nitrogens is 2. The Hall–Kier alpha value is -4.28. The number of carbonyl (C=O) groups excluding carboxylic acids is 3. The number of carbonyl (C=O) groups is 3. The average molecular weight is 550 g/mol. The number of rotatable bonds is 4. The van der Waals surface area contributed by atoms with Crippen molar-refractivity contribution in [3.63, 3.8) is 0 Å². The van der Waals surface area contributed by atoms with E-state index >= 15 is 0 Å². The van der Waals surface area contributed by atoms with Gasteiger partial charge in [-0.3, -0.25) is 19.4 Å². The van der Waals surface area contributed by atoms with Gasteiger partial charge in [0.2, 0.25) is 11.8 Å². The lowest BCUT2D eigenvalue weighted by Crippen LogP contribution is -2.59. The molecule has 40 heavy (non-hydrogen) atoms. The number of nitrogens with one attached hydrogen (secondary N) is 2. The van der Waals surface area contributed by atoms with Crippen molar-refractivity contribution in [2.75, 3.05) is 11.9 Å². The lowest BCUT2D eigenvalue weighted by molar-refractivity contribution is -0.170. The number of nitrogens with zero attached hydrogens (tertiary/aromatic N) is 3. The molecular weight excluding hydrogens is 523 g/mol. The van der Waals surface area contributed by atoms with Crippen LogP contribution in [-0.4, -0.2) is 57.4 Å². The van der Waals surface area contributed by atoms with E-state index in [1.807, 2.05) is 24.3 Å². The monoisotopic (exact) mass is 549 g/mol. The highest BCUT2D eigenvalue weighted by atomic mass is 19.4. The van der Waals surface area contributed by atoms with Gasteiger partial charge in [-0.05, 0) is 43.0 Å². The van der Waals surface area contributed by atoms with Gasteiger partial charge in [-0.15, -0.1) is 0 Å². The zero-order valence-corrected chi connectivity index (χ0v) is 21.5. The summed E-state index contributed by atoms with van der Waals surface area (Å²) in [5, 5.41) is 5.49. The van der Waals surface area contributed by atoms with Crippen LogP contribution >= 0.6 is 0 Å². The zero-order chi connectivity index (χ0) is 28.2. The first-order valence-corrected chi connectivity index (χ1v) is 13.0. The van der Waals surface area contributed by atoms with Crippen molar-refractivity contribution in [3.8, 4) is 0 Å². The number of pyridine rings is 2. The second kappa shape index (κ2) is 9.42. The SMILES string of the molecule is C[C@@H]1C(c2ccccc2)C[C@H](NC(=O)c2cnc3c(c2)C[C@@]2(C3)C(=O)Nc3ncccc32)C(=O)N1CC(F)(F)F. The minimum absolute atomic E-state index is 0.162. The second-order valence-corrected chi connectivity index (χ2v) is 10.7. The van der Waals surface area contributed by atoms with E-state index in [4.69, 9.17) is 0 Å². The molecule has 4 heterocycles. The van der Waals surface area contributed by atoms with Gasteiger partial charge >= 0.3 is 6.18 Å². The van der Waals surface area contributed by atoms with Crippen LogP contribution in [0.3, 0.4) is 0 Å². The normalized spacial score (nSPS) is 25.5. The van der Waals surface area contributed by atoms with Crippen LogP contribution in [0.15, 0.2) is 60.9 Å². The van der Waals surface area contributed by atoms with E-state index in [1.54, 1.807) is 37.4 Å². The second-order valence-electron chi connectivity index (χ2n) is 10.7. The first-order valence-electron chi connectivity index (χ1n) is 13.0. The maximum atomic E-state index is 13.4. The number of anilines is 1. The van der Waals surface area contributed by atoms with Crippen molar-refractivity contribution in [3.05, 3.63) is 88.9 Å². The van der Waals surface area contributed by atoms with E-state index in [1.165, 1.54) is 6.20 Å². The van der Waals surface area contributed by atoms with Crippen LogP contribution in [0.5, 0.6) is 0 Å². The quantitative estimate of drug-likeness (QED) is 0.518. The number of alkyl halides is 3. The van der Waals surface area contributed by atoms with Gasteiger partial charge in [0.05, 0.1) is 11.0 Å². The maximum Gasteiger partial charge on any atom is 0.406 e. The number of hydrogen-bond donors (Lipinski definition) is 2. The summed E-state index contributed by atoms with van der Waals surface area (Å²) in [5.41, 5.74) is 2.30. The molecule has 6 rings (SSSR count). The van der Waals surface area contributed by atoms with Crippen LogP contribution in [0.25, 0.3) is 0 Å². The Morgan fingerprint density at radius 2 is 1.90 bits per heavy atom. The Kier molecular flexibility index (Phi) is 6.12. The Labute approximate surface area is 228 Å². The number of amides is 3. The topological polar surface area (TPSA) is 104 Å². The fourth-order valence-electron chi connectivity index (χ4n) is 6.30. The van der Waals surface area contributed by atoms with Gasteiger partial charge in [0.1, 0.15) is 18.4 Å². The van der Waals surface area contributed by atoms with Crippen molar-refractivity contribution < 1.29 is 27.6 Å². The standard InChI is InChI=1S/C29H26F3N5O3/c1-16-20(17-6-3-2-4-7-17)11-22(26(39)37(16)15-29(30,31)32)35-25(38)19-10-18-12-28(13-23(18)34-14-19)21-8-5-9-33-24(21)36-27(28)40/h2-10,14,16,20,22H,11-13,15H2,1H3,(H,35,38)(H,33,36,40)/t16-,20?,22+,28+/m1/s1. The van der Waals surface area contributed by atoms with Crippen LogP contribution in [0.2, 0.25) is 0 Å². The Bertz CT molecular complexity index is 1510. The lowest BCUT2D eigenvalue weighted by atomic mass is 9.80. The Balaban J connectivity index is 1.25. The van der Waals surface area contributed by atoms with Gasteiger partial charge in [0, 0.05) is 42.0 Å². The summed E-state index contributed by atoms with van der Waals surface area (Å²) < 4.78 is 40.3. The van der Waals surface area contributed by atoms with Crippen LogP contribution in [-0.2, 0) is 27.8 Å². The summed E-state index contributed by atoms with van der Waals surface area (Å²) in [4.78, 5) is 49.0. The van der Waals surface area contributed by atoms with E-state index in [0.29, 0.717) is 24.4 Å². The molecule has 2 aliphatic heterocycles. The Morgan fingerprint density at radius 3 is 2.65 bits per heavy atom. The highest BCUT2D eigenvalue weighted by Gasteiger charge is 2.52. The van der Waals surface area contributed by atoms with E-state index in [-0.39, 0.29) is 17.9 Å². The largest absolute Gasteiger partial charge is 0.406 e. The van der Waals surface area contributed by atoms with Crippen LogP contribution in [0, 0.1) is 0 Å². The number of halogens is 3. The number of benzene rings is 1. The first kappa shape index (κ1) is 26.0. The minimum atomic E-state index is -4.59. The van der Waals surface area contributed by atoms with Crippen molar-refractivity contribution >= 4 is 23.5 Å². The van der Waals surface area contributed by atoms with Gasteiger partial charge in [-0.25, -0.2) is 4.98 Å². The molecule has 3 amide bonds. The molecule has 1 spiro atoms. The molecule has 2 aromatic heterocycles. The van der Waals surface area contributed by atoms with Gasteiger partial charge in [-0.2, -0.15) is 13.2 Å². The van der Waals surface area contributed by atoms with E-state index in [0.717, 1.165) is 21.6 Å². The number of likely N-dealkylation sites (tertiary alicyclic amines) is 1. The fraction of sp³-hybridized carbons (Fsp3) is 0.345. The minimum Gasteiger partial charge on any atom is -0.340 e. The van der Waals surface area contributed by atoms with Gasteiger partial charge in [-0.1, -0.05) is 36.4 Å². The third kappa shape index (κ3) is 4.39. The number of piperidine rings is 1. The third-order valence-electron chi connectivity index (χ3n) is 8.30. The lowest BCUT2D eigenvalue weighted by Gasteiger charge is -2.43. The Morgan fingerprint density at radius 1 is 1.12 bits per heavy atom. The molecule has 0 radical (unpaired) electrons. The molecule has 206 valence electrons.